The van der Waals surface area contributed by atoms with Crippen molar-refractivity contribution in [2.45, 2.75) is 45.7 Å². The van der Waals surface area contributed by atoms with Crippen molar-refractivity contribution in [1.29, 1.82) is 0 Å². The average molecular weight is 293 g/mol. The van der Waals surface area contributed by atoms with Gasteiger partial charge in [0.2, 0.25) is 0 Å². The minimum Gasteiger partial charge on any atom is -0.352 e. The molecule has 0 aromatic carbocycles. The molecule has 0 bridgehead atoms. The standard InChI is InChI=1S/C16H27N3S/c1-12-11-20-7-6-19(12)15-9-13(10-17-5)8-14(18-15)16(2,3)4/h8-9,12,17H,6-7,10-11H2,1-5H3. The number of rotatable bonds is 3. The maximum Gasteiger partial charge on any atom is 0.129 e. The molecule has 0 amide bonds. The third-order valence-corrected chi connectivity index (χ3v) is 4.87. The summed E-state index contributed by atoms with van der Waals surface area (Å²) in [5, 5.41) is 3.25. The average Bonchev–Trinajstić information content (AvgIpc) is 2.38. The summed E-state index contributed by atoms with van der Waals surface area (Å²) in [4.78, 5) is 7.41. The van der Waals surface area contributed by atoms with Crippen molar-refractivity contribution in [2.75, 3.05) is 30.0 Å². The third kappa shape index (κ3) is 3.67. The van der Waals surface area contributed by atoms with Gasteiger partial charge in [0, 0.05) is 41.7 Å². The lowest BCUT2D eigenvalue weighted by atomic mass is 9.90. The molecule has 1 aliphatic rings. The monoisotopic (exact) mass is 293 g/mol. The molecule has 1 aliphatic heterocycles. The summed E-state index contributed by atoms with van der Waals surface area (Å²) >= 11 is 2.04. The second kappa shape index (κ2) is 6.35. The van der Waals surface area contributed by atoms with Crippen LogP contribution in [0.3, 0.4) is 0 Å². The molecule has 1 aromatic heterocycles. The molecule has 4 heteroatoms. The van der Waals surface area contributed by atoms with Gasteiger partial charge in [-0.2, -0.15) is 11.8 Å². The molecule has 1 aromatic rings. The van der Waals surface area contributed by atoms with Gasteiger partial charge in [0.25, 0.3) is 0 Å². The largest absolute Gasteiger partial charge is 0.352 e. The Labute approximate surface area is 127 Å². The Morgan fingerprint density at radius 3 is 2.75 bits per heavy atom. The van der Waals surface area contributed by atoms with E-state index in [0.717, 1.165) is 18.9 Å². The van der Waals surface area contributed by atoms with Gasteiger partial charge in [-0.15, -0.1) is 0 Å². The van der Waals surface area contributed by atoms with Gasteiger partial charge in [-0.3, -0.25) is 0 Å². The summed E-state index contributed by atoms with van der Waals surface area (Å²) in [5.74, 6) is 3.55. The molecule has 0 saturated carbocycles. The molecule has 20 heavy (non-hydrogen) atoms. The van der Waals surface area contributed by atoms with Crippen molar-refractivity contribution in [3.05, 3.63) is 23.4 Å². The quantitative estimate of drug-likeness (QED) is 0.927. The zero-order valence-electron chi connectivity index (χ0n) is 13.4. The topological polar surface area (TPSA) is 28.2 Å². The molecule has 1 atom stereocenters. The van der Waals surface area contributed by atoms with Crippen molar-refractivity contribution in [1.82, 2.24) is 10.3 Å². The predicted octanol–water partition coefficient (Wildman–Crippen LogP) is 3.04. The van der Waals surface area contributed by atoms with Gasteiger partial charge in [-0.1, -0.05) is 20.8 Å². The summed E-state index contributed by atoms with van der Waals surface area (Å²) in [5.41, 5.74) is 2.60. The van der Waals surface area contributed by atoms with Crippen LogP contribution in [0.15, 0.2) is 12.1 Å². The molecular formula is C16H27N3S. The smallest absolute Gasteiger partial charge is 0.129 e. The van der Waals surface area contributed by atoms with Gasteiger partial charge in [-0.25, -0.2) is 4.98 Å². The molecule has 3 nitrogen and oxygen atoms in total. The lowest BCUT2D eigenvalue weighted by molar-refractivity contribution is 0.563. The number of hydrogen-bond donors (Lipinski definition) is 1. The Morgan fingerprint density at radius 2 is 2.15 bits per heavy atom. The van der Waals surface area contributed by atoms with Gasteiger partial charge in [-0.05, 0) is 31.7 Å². The van der Waals surface area contributed by atoms with E-state index in [2.05, 4.69) is 50.0 Å². The lowest BCUT2D eigenvalue weighted by Crippen LogP contribution is -2.41. The molecule has 2 rings (SSSR count). The minimum atomic E-state index is 0.0896. The van der Waals surface area contributed by atoms with Crippen LogP contribution < -0.4 is 10.2 Å². The summed E-state index contributed by atoms with van der Waals surface area (Å²) in [7, 11) is 2.00. The highest BCUT2D eigenvalue weighted by molar-refractivity contribution is 7.99. The minimum absolute atomic E-state index is 0.0896. The van der Waals surface area contributed by atoms with E-state index in [1.54, 1.807) is 0 Å². The third-order valence-electron chi connectivity index (χ3n) is 3.68. The molecule has 112 valence electrons. The molecular weight excluding hydrogens is 266 g/mol. The van der Waals surface area contributed by atoms with Crippen molar-refractivity contribution < 1.29 is 0 Å². The van der Waals surface area contributed by atoms with E-state index >= 15 is 0 Å². The fraction of sp³-hybridized carbons (Fsp3) is 0.688. The molecule has 0 aliphatic carbocycles. The highest BCUT2D eigenvalue weighted by Gasteiger charge is 2.23. The Kier molecular flexibility index (Phi) is 4.97. The van der Waals surface area contributed by atoms with E-state index < -0.39 is 0 Å². The highest BCUT2D eigenvalue weighted by Crippen LogP contribution is 2.28. The van der Waals surface area contributed by atoms with E-state index in [4.69, 9.17) is 4.98 Å². The van der Waals surface area contributed by atoms with E-state index in [9.17, 15) is 0 Å². The first kappa shape index (κ1) is 15.6. The van der Waals surface area contributed by atoms with E-state index in [0.29, 0.717) is 6.04 Å². The normalized spacial score (nSPS) is 20.2. The van der Waals surface area contributed by atoms with Crippen LogP contribution in [0.4, 0.5) is 5.82 Å². The fourth-order valence-corrected chi connectivity index (χ4v) is 3.49. The van der Waals surface area contributed by atoms with Gasteiger partial charge >= 0.3 is 0 Å². The SMILES string of the molecule is CNCc1cc(N2CCSCC2C)nc(C(C)(C)C)c1. The lowest BCUT2D eigenvalue weighted by Gasteiger charge is -2.35. The van der Waals surface area contributed by atoms with Gasteiger partial charge in [0.05, 0.1) is 0 Å². The van der Waals surface area contributed by atoms with Crippen LogP contribution in [0.1, 0.15) is 39.0 Å². The van der Waals surface area contributed by atoms with Gasteiger partial charge in [0.15, 0.2) is 0 Å². The molecule has 1 fully saturated rings. The highest BCUT2D eigenvalue weighted by atomic mass is 32.2. The zero-order chi connectivity index (χ0) is 14.8. The Morgan fingerprint density at radius 1 is 1.40 bits per heavy atom. The zero-order valence-corrected chi connectivity index (χ0v) is 14.2. The van der Waals surface area contributed by atoms with Crippen molar-refractivity contribution >= 4 is 17.6 Å². The summed E-state index contributed by atoms with van der Waals surface area (Å²) < 4.78 is 0. The van der Waals surface area contributed by atoms with Crippen LogP contribution in [0.25, 0.3) is 0 Å². The van der Waals surface area contributed by atoms with Gasteiger partial charge < -0.3 is 10.2 Å². The van der Waals surface area contributed by atoms with Crippen molar-refractivity contribution in [3.8, 4) is 0 Å². The van der Waals surface area contributed by atoms with Crippen LogP contribution >= 0.6 is 11.8 Å². The maximum absolute atomic E-state index is 4.95. The summed E-state index contributed by atoms with van der Waals surface area (Å²) in [6.07, 6.45) is 0. The maximum atomic E-state index is 4.95. The fourth-order valence-electron chi connectivity index (χ4n) is 2.48. The second-order valence-corrected chi connectivity index (χ2v) is 7.77. The van der Waals surface area contributed by atoms with Crippen molar-refractivity contribution in [3.63, 3.8) is 0 Å². The number of pyridine rings is 1. The number of thioether (sulfide) groups is 1. The van der Waals surface area contributed by atoms with E-state index in [-0.39, 0.29) is 5.41 Å². The number of anilines is 1. The molecule has 2 heterocycles. The summed E-state index contributed by atoms with van der Waals surface area (Å²) in [6, 6.07) is 5.06. The molecule has 1 N–H and O–H groups in total. The van der Waals surface area contributed by atoms with Crippen molar-refractivity contribution in [2.24, 2.45) is 0 Å². The summed E-state index contributed by atoms with van der Waals surface area (Å²) in [6.45, 7) is 11.0. The Bertz CT molecular complexity index is 454. The van der Waals surface area contributed by atoms with E-state index in [1.165, 1.54) is 22.8 Å². The molecule has 1 saturated heterocycles. The van der Waals surface area contributed by atoms with Gasteiger partial charge in [0.1, 0.15) is 5.82 Å². The van der Waals surface area contributed by atoms with Crippen LogP contribution in [0.5, 0.6) is 0 Å². The predicted molar refractivity (Wildman–Crippen MR) is 89.8 cm³/mol. The second-order valence-electron chi connectivity index (χ2n) is 6.62. The number of nitrogens with one attached hydrogen (secondary N) is 1. The Balaban J connectivity index is 2.38. The van der Waals surface area contributed by atoms with Crippen LogP contribution in [-0.2, 0) is 12.0 Å². The van der Waals surface area contributed by atoms with Crippen LogP contribution in [-0.4, -0.2) is 36.1 Å². The first-order valence-electron chi connectivity index (χ1n) is 7.42. The Hall–Kier alpha value is -0.740. The first-order chi connectivity index (χ1) is 9.41. The van der Waals surface area contributed by atoms with Crippen LogP contribution in [0.2, 0.25) is 0 Å². The number of nitrogens with zero attached hydrogens (tertiary/aromatic N) is 2. The number of hydrogen-bond acceptors (Lipinski definition) is 4. The van der Waals surface area contributed by atoms with Crippen LogP contribution in [0, 0.1) is 0 Å². The molecule has 1 unspecified atom stereocenters. The first-order valence-corrected chi connectivity index (χ1v) is 8.57. The number of aromatic nitrogens is 1. The molecule has 0 radical (unpaired) electrons. The van der Waals surface area contributed by atoms with E-state index in [1.807, 2.05) is 18.8 Å². The molecule has 0 spiro atoms.